The van der Waals surface area contributed by atoms with Gasteiger partial charge in [-0.2, -0.15) is 0 Å². The van der Waals surface area contributed by atoms with E-state index in [0.29, 0.717) is 36.0 Å². The molecule has 0 aliphatic carbocycles. The first kappa shape index (κ1) is 19.2. The van der Waals surface area contributed by atoms with Crippen LogP contribution in [0.4, 0.5) is 5.69 Å². The molecular weight excluding hydrogens is 459 g/mol. The molecule has 2 amide bonds. The zero-order valence-corrected chi connectivity index (χ0v) is 17.1. The standard InChI is InChI=1S/C20H19IN2O4/c1-3-26-17-12-13(11-16(21)18(17)27-4-2)10-15-19(24)22-23(20(15)25)14-8-6-5-7-9-14/h5-12H,3-4H2,1-2H3,(H,22,24)/b15-10-. The summed E-state index contributed by atoms with van der Waals surface area (Å²) in [5.41, 5.74) is 3.97. The summed E-state index contributed by atoms with van der Waals surface area (Å²) in [6.07, 6.45) is 1.57. The summed E-state index contributed by atoms with van der Waals surface area (Å²) >= 11 is 2.16. The second-order valence-electron chi connectivity index (χ2n) is 5.67. The van der Waals surface area contributed by atoms with Crippen molar-refractivity contribution < 1.29 is 19.1 Å². The number of ether oxygens (including phenoxy) is 2. The monoisotopic (exact) mass is 478 g/mol. The van der Waals surface area contributed by atoms with E-state index in [0.717, 1.165) is 3.57 Å². The van der Waals surface area contributed by atoms with E-state index in [1.165, 1.54) is 5.01 Å². The fourth-order valence-corrected chi connectivity index (χ4v) is 3.48. The first-order valence-corrected chi connectivity index (χ1v) is 9.64. The van der Waals surface area contributed by atoms with E-state index >= 15 is 0 Å². The van der Waals surface area contributed by atoms with Crippen molar-refractivity contribution in [3.8, 4) is 11.5 Å². The molecule has 27 heavy (non-hydrogen) atoms. The molecule has 0 spiro atoms. The van der Waals surface area contributed by atoms with Crippen molar-refractivity contribution in [2.24, 2.45) is 0 Å². The second kappa shape index (κ2) is 8.43. The van der Waals surface area contributed by atoms with Gasteiger partial charge < -0.3 is 9.47 Å². The maximum absolute atomic E-state index is 12.7. The van der Waals surface area contributed by atoms with E-state index in [-0.39, 0.29) is 5.57 Å². The number of benzene rings is 2. The van der Waals surface area contributed by atoms with Gasteiger partial charge in [0.2, 0.25) is 0 Å². The number of rotatable bonds is 6. The Labute approximate surface area is 171 Å². The Balaban J connectivity index is 1.96. The zero-order chi connectivity index (χ0) is 19.4. The maximum Gasteiger partial charge on any atom is 0.282 e. The maximum atomic E-state index is 12.7. The highest BCUT2D eigenvalue weighted by Crippen LogP contribution is 2.35. The highest BCUT2D eigenvalue weighted by atomic mass is 127. The van der Waals surface area contributed by atoms with Gasteiger partial charge in [-0.05, 0) is 72.3 Å². The Morgan fingerprint density at radius 2 is 1.78 bits per heavy atom. The Bertz CT molecular complexity index is 896. The SMILES string of the molecule is CCOc1cc(/C=C2/C(=O)NN(c3ccccc3)C2=O)cc(I)c1OCC. The summed E-state index contributed by atoms with van der Waals surface area (Å²) in [7, 11) is 0. The van der Waals surface area contributed by atoms with Crippen LogP contribution >= 0.6 is 22.6 Å². The molecule has 6 nitrogen and oxygen atoms in total. The van der Waals surface area contributed by atoms with Gasteiger partial charge in [-0.1, -0.05) is 18.2 Å². The number of anilines is 1. The fourth-order valence-electron chi connectivity index (χ4n) is 2.70. The number of para-hydroxylation sites is 1. The summed E-state index contributed by atoms with van der Waals surface area (Å²) in [5, 5.41) is 1.25. The summed E-state index contributed by atoms with van der Waals surface area (Å²) in [6, 6.07) is 12.6. The number of carbonyl (C=O) groups is 2. The van der Waals surface area contributed by atoms with Crippen molar-refractivity contribution in [2.75, 3.05) is 18.2 Å². The van der Waals surface area contributed by atoms with Crippen LogP contribution in [0.5, 0.6) is 11.5 Å². The molecule has 0 bridgehead atoms. The molecule has 140 valence electrons. The van der Waals surface area contributed by atoms with E-state index < -0.39 is 11.8 Å². The van der Waals surface area contributed by atoms with Crippen LogP contribution in [-0.2, 0) is 9.59 Å². The van der Waals surface area contributed by atoms with Crippen molar-refractivity contribution in [2.45, 2.75) is 13.8 Å². The third-order valence-electron chi connectivity index (χ3n) is 3.84. The lowest BCUT2D eigenvalue weighted by atomic mass is 10.1. The van der Waals surface area contributed by atoms with Crippen LogP contribution in [-0.4, -0.2) is 25.0 Å². The van der Waals surface area contributed by atoms with Crippen LogP contribution in [0, 0.1) is 3.57 Å². The molecule has 1 aliphatic heterocycles. The molecule has 0 unspecified atom stereocenters. The molecule has 0 saturated carbocycles. The molecule has 1 aliphatic rings. The molecule has 2 aromatic carbocycles. The van der Waals surface area contributed by atoms with Crippen molar-refractivity contribution in [3.63, 3.8) is 0 Å². The van der Waals surface area contributed by atoms with Gasteiger partial charge in [0.25, 0.3) is 11.8 Å². The van der Waals surface area contributed by atoms with E-state index in [1.807, 2.05) is 26.0 Å². The molecule has 1 saturated heterocycles. The van der Waals surface area contributed by atoms with Crippen molar-refractivity contribution >= 4 is 46.2 Å². The average molecular weight is 478 g/mol. The van der Waals surface area contributed by atoms with Gasteiger partial charge in [0.05, 0.1) is 22.5 Å². The molecule has 1 heterocycles. The summed E-state index contributed by atoms with van der Waals surface area (Å²) in [6.45, 7) is 4.79. The number of hydrogen-bond acceptors (Lipinski definition) is 4. The van der Waals surface area contributed by atoms with Crippen LogP contribution in [0.15, 0.2) is 48.0 Å². The molecule has 1 N–H and O–H groups in total. The topological polar surface area (TPSA) is 67.9 Å². The van der Waals surface area contributed by atoms with Gasteiger partial charge in [-0.3, -0.25) is 15.0 Å². The highest BCUT2D eigenvalue weighted by molar-refractivity contribution is 14.1. The molecule has 0 aromatic heterocycles. The predicted octanol–water partition coefficient (Wildman–Crippen LogP) is 3.55. The quantitative estimate of drug-likeness (QED) is 0.392. The third-order valence-corrected chi connectivity index (χ3v) is 4.64. The largest absolute Gasteiger partial charge is 0.490 e. The van der Waals surface area contributed by atoms with Gasteiger partial charge in [0.1, 0.15) is 5.57 Å². The van der Waals surface area contributed by atoms with Gasteiger partial charge in [-0.15, -0.1) is 0 Å². The van der Waals surface area contributed by atoms with Crippen LogP contribution in [0.2, 0.25) is 0 Å². The number of hydrazine groups is 1. The predicted molar refractivity (Wildman–Crippen MR) is 112 cm³/mol. The van der Waals surface area contributed by atoms with Crippen molar-refractivity contribution in [1.82, 2.24) is 5.43 Å². The Hall–Kier alpha value is -2.55. The second-order valence-corrected chi connectivity index (χ2v) is 6.83. The first-order chi connectivity index (χ1) is 13.0. The van der Waals surface area contributed by atoms with E-state index in [1.54, 1.807) is 36.4 Å². The minimum atomic E-state index is -0.439. The minimum absolute atomic E-state index is 0.0706. The zero-order valence-electron chi connectivity index (χ0n) is 15.0. The molecule has 0 radical (unpaired) electrons. The molecular formula is C20H19IN2O4. The summed E-state index contributed by atoms with van der Waals surface area (Å²) < 4.78 is 12.2. The Morgan fingerprint density at radius 3 is 2.44 bits per heavy atom. The van der Waals surface area contributed by atoms with Crippen LogP contribution in [0.25, 0.3) is 6.08 Å². The smallest absolute Gasteiger partial charge is 0.282 e. The van der Waals surface area contributed by atoms with Gasteiger partial charge in [0, 0.05) is 0 Å². The normalized spacial score (nSPS) is 15.2. The molecule has 7 heteroatoms. The lowest BCUT2D eigenvalue weighted by Gasteiger charge is -2.14. The Morgan fingerprint density at radius 1 is 1.07 bits per heavy atom. The number of nitrogens with zero attached hydrogens (tertiary/aromatic N) is 1. The van der Waals surface area contributed by atoms with E-state index in [4.69, 9.17) is 9.47 Å². The molecule has 3 rings (SSSR count). The average Bonchev–Trinajstić information content (AvgIpc) is 2.94. The highest BCUT2D eigenvalue weighted by Gasteiger charge is 2.34. The summed E-state index contributed by atoms with van der Waals surface area (Å²) in [4.78, 5) is 25.0. The van der Waals surface area contributed by atoms with Crippen LogP contribution in [0.1, 0.15) is 19.4 Å². The van der Waals surface area contributed by atoms with Gasteiger partial charge >= 0.3 is 0 Å². The number of carbonyl (C=O) groups excluding carboxylic acids is 2. The van der Waals surface area contributed by atoms with Gasteiger partial charge in [-0.25, -0.2) is 5.01 Å². The fraction of sp³-hybridized carbons (Fsp3) is 0.200. The third kappa shape index (κ3) is 4.08. The summed E-state index contributed by atoms with van der Waals surface area (Å²) in [5.74, 6) is 0.415. The van der Waals surface area contributed by atoms with Crippen LogP contribution < -0.4 is 19.9 Å². The van der Waals surface area contributed by atoms with Crippen molar-refractivity contribution in [1.29, 1.82) is 0 Å². The number of halogens is 1. The van der Waals surface area contributed by atoms with E-state index in [2.05, 4.69) is 28.0 Å². The number of nitrogens with one attached hydrogen (secondary N) is 1. The number of hydrogen-bond donors (Lipinski definition) is 1. The molecule has 1 fully saturated rings. The lowest BCUT2D eigenvalue weighted by molar-refractivity contribution is -0.117. The Kier molecular flexibility index (Phi) is 6.00. The first-order valence-electron chi connectivity index (χ1n) is 8.56. The minimum Gasteiger partial charge on any atom is -0.490 e. The molecule has 2 aromatic rings. The molecule has 0 atom stereocenters. The lowest BCUT2D eigenvalue weighted by Crippen LogP contribution is -2.35. The van der Waals surface area contributed by atoms with Crippen molar-refractivity contribution in [3.05, 3.63) is 57.2 Å². The van der Waals surface area contributed by atoms with E-state index in [9.17, 15) is 9.59 Å². The van der Waals surface area contributed by atoms with Gasteiger partial charge in [0.15, 0.2) is 11.5 Å². The van der Waals surface area contributed by atoms with Crippen LogP contribution in [0.3, 0.4) is 0 Å². The number of amides is 2.